The second-order valence-corrected chi connectivity index (χ2v) is 11.1. The number of amidine groups is 1. The minimum atomic E-state index is -3.18. The summed E-state index contributed by atoms with van der Waals surface area (Å²) in [4.78, 5) is 6.60. The molecule has 160 valence electrons. The van der Waals surface area contributed by atoms with Crippen molar-refractivity contribution in [3.8, 4) is 11.5 Å². The number of fused-ring (bicyclic) bond motifs is 1. The first-order valence-electron chi connectivity index (χ1n) is 9.17. The van der Waals surface area contributed by atoms with E-state index in [4.69, 9.17) is 14.5 Å². The number of methoxy groups -OCH3 is 2. The number of aliphatic imine (C=N–C) groups is 1. The fourth-order valence-corrected chi connectivity index (χ4v) is 6.96. The summed E-state index contributed by atoms with van der Waals surface area (Å²) in [5, 5.41) is 0.647. The van der Waals surface area contributed by atoms with Crippen molar-refractivity contribution >= 4 is 48.4 Å². The first kappa shape index (κ1) is 21.5. The molecule has 1 saturated heterocycles. The largest absolute Gasteiger partial charge is 0.497 e. The minimum absolute atomic E-state index is 0.0111. The van der Waals surface area contributed by atoms with Crippen LogP contribution in [0.25, 0.3) is 0 Å². The lowest BCUT2D eigenvalue weighted by molar-refractivity contribution is 0.403. The maximum atomic E-state index is 14.3. The van der Waals surface area contributed by atoms with Crippen LogP contribution in [0.5, 0.6) is 11.5 Å². The molecule has 0 bridgehead atoms. The molecule has 0 aromatic heterocycles. The van der Waals surface area contributed by atoms with E-state index in [0.717, 1.165) is 0 Å². The number of benzene rings is 2. The standard InChI is InChI=1S/C20H20BrFN2O4S2/c1-27-14-5-6-19(28-2)17(8-14)24-18-11-30(25,26)10-16(18)23-20(24)29-9-12-3-4-13(21)7-15(12)22/h3-8,16,18H,9-11H2,1-2H3/t16-,18+/m0/s1. The molecule has 6 nitrogen and oxygen atoms in total. The van der Waals surface area contributed by atoms with Gasteiger partial charge >= 0.3 is 0 Å². The molecule has 2 aromatic rings. The second-order valence-electron chi connectivity index (χ2n) is 7.06. The molecule has 10 heteroatoms. The van der Waals surface area contributed by atoms with Gasteiger partial charge < -0.3 is 14.4 Å². The van der Waals surface area contributed by atoms with Crippen LogP contribution < -0.4 is 14.4 Å². The summed E-state index contributed by atoms with van der Waals surface area (Å²) in [6.45, 7) is 0. The molecule has 30 heavy (non-hydrogen) atoms. The zero-order valence-corrected chi connectivity index (χ0v) is 19.6. The number of nitrogens with zero attached hydrogens (tertiary/aromatic N) is 2. The fourth-order valence-electron chi connectivity index (χ4n) is 3.68. The number of anilines is 1. The van der Waals surface area contributed by atoms with Gasteiger partial charge in [-0.15, -0.1) is 0 Å². The molecule has 0 amide bonds. The van der Waals surface area contributed by atoms with E-state index >= 15 is 0 Å². The summed E-state index contributed by atoms with van der Waals surface area (Å²) >= 11 is 4.64. The number of hydrogen-bond acceptors (Lipinski definition) is 7. The van der Waals surface area contributed by atoms with Crippen molar-refractivity contribution < 1.29 is 22.3 Å². The van der Waals surface area contributed by atoms with E-state index in [-0.39, 0.29) is 29.4 Å². The summed E-state index contributed by atoms with van der Waals surface area (Å²) in [6, 6.07) is 9.63. The molecule has 0 radical (unpaired) electrons. The molecule has 2 aliphatic rings. The third-order valence-electron chi connectivity index (χ3n) is 5.12. The lowest BCUT2D eigenvalue weighted by atomic mass is 10.1. The number of rotatable bonds is 5. The maximum Gasteiger partial charge on any atom is 0.164 e. The molecular formula is C20H20BrFN2O4S2. The van der Waals surface area contributed by atoms with Gasteiger partial charge in [0.25, 0.3) is 0 Å². The molecular weight excluding hydrogens is 495 g/mol. The molecule has 1 fully saturated rings. The van der Waals surface area contributed by atoms with Crippen molar-refractivity contribution in [1.82, 2.24) is 0 Å². The Morgan fingerprint density at radius 1 is 1.20 bits per heavy atom. The van der Waals surface area contributed by atoms with Gasteiger partial charge in [-0.3, -0.25) is 4.99 Å². The first-order chi connectivity index (χ1) is 14.3. The zero-order valence-electron chi connectivity index (χ0n) is 16.3. The smallest absolute Gasteiger partial charge is 0.164 e. The van der Waals surface area contributed by atoms with E-state index < -0.39 is 9.84 Å². The molecule has 0 aliphatic carbocycles. The van der Waals surface area contributed by atoms with Crippen molar-refractivity contribution in [2.45, 2.75) is 17.8 Å². The highest BCUT2D eigenvalue weighted by Crippen LogP contribution is 2.41. The van der Waals surface area contributed by atoms with Gasteiger partial charge in [0.05, 0.1) is 43.5 Å². The van der Waals surface area contributed by atoms with Crippen LogP contribution in [0.3, 0.4) is 0 Å². The topological polar surface area (TPSA) is 68.2 Å². The summed E-state index contributed by atoms with van der Waals surface area (Å²) in [5.41, 5.74) is 1.23. The minimum Gasteiger partial charge on any atom is -0.497 e. The number of halogens is 2. The van der Waals surface area contributed by atoms with Crippen LogP contribution in [-0.4, -0.2) is 51.4 Å². The maximum absolute atomic E-state index is 14.3. The molecule has 0 spiro atoms. The monoisotopic (exact) mass is 514 g/mol. The van der Waals surface area contributed by atoms with Gasteiger partial charge in [0, 0.05) is 16.3 Å². The summed E-state index contributed by atoms with van der Waals surface area (Å²) in [5.74, 6) is 1.30. The van der Waals surface area contributed by atoms with Crippen LogP contribution in [0.2, 0.25) is 0 Å². The predicted octanol–water partition coefficient (Wildman–Crippen LogP) is 3.88. The van der Waals surface area contributed by atoms with Gasteiger partial charge in [-0.2, -0.15) is 0 Å². The number of ether oxygens (including phenoxy) is 2. The van der Waals surface area contributed by atoms with Crippen LogP contribution in [0.15, 0.2) is 45.9 Å². The summed E-state index contributed by atoms with van der Waals surface area (Å²) in [7, 11) is -0.0501. The predicted molar refractivity (Wildman–Crippen MR) is 121 cm³/mol. The Hall–Kier alpha value is -1.78. The summed E-state index contributed by atoms with van der Waals surface area (Å²) < 4.78 is 50.3. The van der Waals surface area contributed by atoms with Gasteiger partial charge in [0.1, 0.15) is 17.3 Å². The third-order valence-corrected chi connectivity index (χ3v) is 8.33. The molecule has 2 atom stereocenters. The molecule has 0 unspecified atom stereocenters. The lowest BCUT2D eigenvalue weighted by Crippen LogP contribution is -2.39. The Balaban J connectivity index is 1.69. The SMILES string of the molecule is COc1ccc(OC)c(N2C(SCc3ccc(Br)cc3F)=N[C@H]3CS(=O)(=O)C[C@H]32)c1. The van der Waals surface area contributed by atoms with Crippen molar-refractivity contribution in [3.63, 3.8) is 0 Å². The van der Waals surface area contributed by atoms with Crippen molar-refractivity contribution in [2.24, 2.45) is 4.99 Å². The Morgan fingerprint density at radius 3 is 2.70 bits per heavy atom. The summed E-state index contributed by atoms with van der Waals surface area (Å²) in [6.07, 6.45) is 0. The van der Waals surface area contributed by atoms with Crippen molar-refractivity contribution in [2.75, 3.05) is 30.6 Å². The Bertz CT molecular complexity index is 1110. The van der Waals surface area contributed by atoms with E-state index in [0.29, 0.717) is 38.1 Å². The van der Waals surface area contributed by atoms with E-state index in [2.05, 4.69) is 15.9 Å². The molecule has 4 rings (SSSR count). The highest BCUT2D eigenvalue weighted by molar-refractivity contribution is 9.10. The number of sulfone groups is 1. The normalized spacial score (nSPS) is 22.0. The molecule has 2 aromatic carbocycles. The highest BCUT2D eigenvalue weighted by Gasteiger charge is 2.47. The van der Waals surface area contributed by atoms with Crippen LogP contribution in [-0.2, 0) is 15.6 Å². The Labute approximate surface area is 187 Å². The zero-order chi connectivity index (χ0) is 21.5. The van der Waals surface area contributed by atoms with Crippen LogP contribution in [0.4, 0.5) is 10.1 Å². The number of hydrogen-bond donors (Lipinski definition) is 0. The quantitative estimate of drug-likeness (QED) is 0.602. The van der Waals surface area contributed by atoms with Gasteiger partial charge in [-0.25, -0.2) is 12.8 Å². The van der Waals surface area contributed by atoms with Gasteiger partial charge in [-0.05, 0) is 29.8 Å². The highest BCUT2D eigenvalue weighted by atomic mass is 79.9. The average molecular weight is 515 g/mol. The molecule has 2 aliphatic heterocycles. The average Bonchev–Trinajstić information content (AvgIpc) is 3.17. The van der Waals surface area contributed by atoms with Crippen LogP contribution >= 0.6 is 27.7 Å². The fraction of sp³-hybridized carbons (Fsp3) is 0.350. The second kappa shape index (κ2) is 8.39. The van der Waals surface area contributed by atoms with Crippen molar-refractivity contribution in [3.05, 3.63) is 52.3 Å². The molecule has 0 saturated carbocycles. The Kier molecular flexibility index (Phi) is 6.00. The third kappa shape index (κ3) is 4.17. The van der Waals surface area contributed by atoms with E-state index in [1.165, 1.54) is 17.8 Å². The van der Waals surface area contributed by atoms with Gasteiger partial charge in [0.2, 0.25) is 0 Å². The van der Waals surface area contributed by atoms with Crippen molar-refractivity contribution in [1.29, 1.82) is 0 Å². The lowest BCUT2D eigenvalue weighted by Gasteiger charge is -2.28. The van der Waals surface area contributed by atoms with E-state index in [1.54, 1.807) is 38.5 Å². The molecule has 0 N–H and O–H groups in total. The van der Waals surface area contributed by atoms with Gasteiger partial charge in [0.15, 0.2) is 15.0 Å². The van der Waals surface area contributed by atoms with Crippen LogP contribution in [0, 0.1) is 5.82 Å². The van der Waals surface area contributed by atoms with E-state index in [1.807, 2.05) is 11.0 Å². The van der Waals surface area contributed by atoms with Crippen LogP contribution in [0.1, 0.15) is 5.56 Å². The van der Waals surface area contributed by atoms with Gasteiger partial charge in [-0.1, -0.05) is 33.8 Å². The number of thioether (sulfide) groups is 1. The first-order valence-corrected chi connectivity index (χ1v) is 12.8. The Morgan fingerprint density at radius 2 is 2.00 bits per heavy atom. The molecule has 2 heterocycles. The van der Waals surface area contributed by atoms with E-state index in [9.17, 15) is 12.8 Å².